The molecular formula is C17H23BrN2O. The molecule has 0 N–H and O–H groups in total. The van der Waals surface area contributed by atoms with Gasteiger partial charge in [-0.15, -0.1) is 17.0 Å². The quantitative estimate of drug-likeness (QED) is 0.783. The average Bonchev–Trinajstić information content (AvgIpc) is 2.84. The summed E-state index contributed by atoms with van der Waals surface area (Å²) in [4.78, 5) is 14.9. The van der Waals surface area contributed by atoms with Gasteiger partial charge in [-0.3, -0.25) is 4.79 Å². The van der Waals surface area contributed by atoms with Crippen LogP contribution in [0.1, 0.15) is 36.0 Å². The molecule has 0 saturated carbocycles. The molecule has 0 amide bonds. The molecule has 0 atom stereocenters. The van der Waals surface area contributed by atoms with Crippen molar-refractivity contribution in [2.24, 2.45) is 7.05 Å². The number of carbonyl (C=O) groups excluding carboxylic acids is 1. The summed E-state index contributed by atoms with van der Waals surface area (Å²) in [6.45, 7) is 3.22. The third kappa shape index (κ3) is 3.55. The maximum atomic E-state index is 12.5. The van der Waals surface area contributed by atoms with E-state index in [-0.39, 0.29) is 22.8 Å². The van der Waals surface area contributed by atoms with Crippen LogP contribution in [-0.2, 0) is 7.05 Å². The summed E-state index contributed by atoms with van der Waals surface area (Å²) in [6, 6.07) is 8.13. The lowest BCUT2D eigenvalue weighted by atomic mass is 10.1. The number of likely N-dealkylation sites (tertiary alicyclic amines) is 1. The Kier molecular flexibility index (Phi) is 5.59. The van der Waals surface area contributed by atoms with Crippen molar-refractivity contribution in [2.45, 2.75) is 25.7 Å². The van der Waals surface area contributed by atoms with E-state index in [0.29, 0.717) is 6.42 Å². The minimum Gasteiger partial charge on any atom is -0.350 e. The number of ketones is 1. The van der Waals surface area contributed by atoms with Crippen LogP contribution in [0, 0.1) is 0 Å². The van der Waals surface area contributed by atoms with E-state index in [1.807, 2.05) is 36.0 Å². The number of benzene rings is 1. The van der Waals surface area contributed by atoms with Crippen molar-refractivity contribution < 1.29 is 4.79 Å². The number of para-hydroxylation sites is 1. The van der Waals surface area contributed by atoms with E-state index in [1.54, 1.807) is 0 Å². The molecule has 1 aliphatic heterocycles. The van der Waals surface area contributed by atoms with Gasteiger partial charge in [-0.25, -0.2) is 0 Å². The molecule has 0 spiro atoms. The topological polar surface area (TPSA) is 25.2 Å². The van der Waals surface area contributed by atoms with Gasteiger partial charge in [0.15, 0.2) is 5.78 Å². The van der Waals surface area contributed by atoms with E-state index in [4.69, 9.17) is 0 Å². The number of hydrogen-bond donors (Lipinski definition) is 0. The Labute approximate surface area is 136 Å². The fraction of sp³-hybridized carbons (Fsp3) is 0.471. The SMILES string of the molecule is Br.Cn1cc(C(=O)CCN2CCCCC2)c2ccccc21. The van der Waals surface area contributed by atoms with E-state index in [1.165, 1.54) is 19.3 Å². The second-order valence-corrected chi connectivity index (χ2v) is 5.75. The van der Waals surface area contributed by atoms with Crippen molar-refractivity contribution in [3.8, 4) is 0 Å². The summed E-state index contributed by atoms with van der Waals surface area (Å²) in [6.07, 6.45) is 6.51. The minimum absolute atomic E-state index is 0. The third-order valence-electron chi connectivity index (χ3n) is 4.30. The molecule has 0 unspecified atom stereocenters. The number of fused-ring (bicyclic) bond motifs is 1. The highest BCUT2D eigenvalue weighted by atomic mass is 79.9. The lowest BCUT2D eigenvalue weighted by Crippen LogP contribution is -2.31. The molecule has 3 rings (SSSR count). The number of piperidine rings is 1. The average molecular weight is 351 g/mol. The molecule has 2 aromatic rings. The van der Waals surface area contributed by atoms with Crippen LogP contribution in [0.2, 0.25) is 0 Å². The number of hydrogen-bond acceptors (Lipinski definition) is 2. The number of rotatable bonds is 4. The van der Waals surface area contributed by atoms with Gasteiger partial charge in [0, 0.05) is 42.7 Å². The Morgan fingerprint density at radius 2 is 1.86 bits per heavy atom. The predicted octanol–water partition coefficient (Wildman–Crippen LogP) is 3.81. The Hall–Kier alpha value is -1.13. The molecule has 1 aliphatic rings. The zero-order valence-electron chi connectivity index (χ0n) is 12.5. The highest BCUT2D eigenvalue weighted by Gasteiger charge is 2.16. The van der Waals surface area contributed by atoms with Crippen LogP contribution in [0.15, 0.2) is 30.5 Å². The molecule has 2 heterocycles. The van der Waals surface area contributed by atoms with Crippen molar-refractivity contribution in [3.05, 3.63) is 36.0 Å². The number of nitrogens with zero attached hydrogens (tertiary/aromatic N) is 2. The summed E-state index contributed by atoms with van der Waals surface area (Å²) in [5.41, 5.74) is 2.01. The van der Waals surface area contributed by atoms with Crippen LogP contribution in [0.3, 0.4) is 0 Å². The largest absolute Gasteiger partial charge is 0.350 e. The first kappa shape index (κ1) is 16.2. The fourth-order valence-corrected chi connectivity index (χ4v) is 3.14. The summed E-state index contributed by atoms with van der Waals surface area (Å²) < 4.78 is 2.05. The monoisotopic (exact) mass is 350 g/mol. The first-order valence-electron chi connectivity index (χ1n) is 7.55. The summed E-state index contributed by atoms with van der Waals surface area (Å²) >= 11 is 0. The first-order valence-corrected chi connectivity index (χ1v) is 7.55. The zero-order valence-corrected chi connectivity index (χ0v) is 14.3. The van der Waals surface area contributed by atoms with Crippen LogP contribution >= 0.6 is 17.0 Å². The Morgan fingerprint density at radius 1 is 1.14 bits per heavy atom. The Bertz CT molecular complexity index is 614. The maximum absolute atomic E-state index is 12.5. The van der Waals surface area contributed by atoms with Gasteiger partial charge < -0.3 is 9.47 Å². The number of aryl methyl sites for hydroxylation is 1. The van der Waals surface area contributed by atoms with Crippen LogP contribution in [0.5, 0.6) is 0 Å². The van der Waals surface area contributed by atoms with Gasteiger partial charge in [0.05, 0.1) is 0 Å². The van der Waals surface area contributed by atoms with Gasteiger partial charge in [0.2, 0.25) is 0 Å². The highest BCUT2D eigenvalue weighted by Crippen LogP contribution is 2.21. The third-order valence-corrected chi connectivity index (χ3v) is 4.30. The van der Waals surface area contributed by atoms with Crippen LogP contribution < -0.4 is 0 Å². The van der Waals surface area contributed by atoms with E-state index >= 15 is 0 Å². The smallest absolute Gasteiger partial charge is 0.166 e. The van der Waals surface area contributed by atoms with Crippen molar-refractivity contribution in [1.29, 1.82) is 0 Å². The molecule has 4 heteroatoms. The van der Waals surface area contributed by atoms with Crippen LogP contribution in [0.25, 0.3) is 10.9 Å². The van der Waals surface area contributed by atoms with Crippen LogP contribution in [0.4, 0.5) is 0 Å². The van der Waals surface area contributed by atoms with E-state index in [2.05, 4.69) is 11.0 Å². The summed E-state index contributed by atoms with van der Waals surface area (Å²) in [7, 11) is 2.00. The molecule has 1 aromatic carbocycles. The highest BCUT2D eigenvalue weighted by molar-refractivity contribution is 8.93. The van der Waals surface area contributed by atoms with E-state index in [9.17, 15) is 4.79 Å². The predicted molar refractivity (Wildman–Crippen MR) is 92.5 cm³/mol. The van der Waals surface area contributed by atoms with Crippen molar-refractivity contribution in [3.63, 3.8) is 0 Å². The van der Waals surface area contributed by atoms with Crippen molar-refractivity contribution in [2.75, 3.05) is 19.6 Å². The molecule has 0 radical (unpaired) electrons. The summed E-state index contributed by atoms with van der Waals surface area (Å²) in [5.74, 6) is 0.271. The second kappa shape index (κ2) is 7.23. The molecule has 0 aliphatic carbocycles. The molecule has 1 aromatic heterocycles. The molecule has 21 heavy (non-hydrogen) atoms. The second-order valence-electron chi connectivity index (χ2n) is 5.75. The fourth-order valence-electron chi connectivity index (χ4n) is 3.14. The number of halogens is 1. The van der Waals surface area contributed by atoms with Gasteiger partial charge in [-0.1, -0.05) is 24.6 Å². The maximum Gasteiger partial charge on any atom is 0.166 e. The number of carbonyl (C=O) groups is 1. The summed E-state index contributed by atoms with van der Waals surface area (Å²) in [5, 5.41) is 1.08. The standard InChI is InChI=1S/C17H22N2O.BrH/c1-18-13-15(14-7-3-4-8-16(14)18)17(20)9-12-19-10-5-2-6-11-19;/h3-4,7-8,13H,2,5-6,9-12H2,1H3;1H. The van der Waals surface area contributed by atoms with E-state index < -0.39 is 0 Å². The van der Waals surface area contributed by atoms with Gasteiger partial charge in [0.1, 0.15) is 0 Å². The van der Waals surface area contributed by atoms with Gasteiger partial charge in [-0.05, 0) is 32.0 Å². The van der Waals surface area contributed by atoms with Gasteiger partial charge in [-0.2, -0.15) is 0 Å². The van der Waals surface area contributed by atoms with Crippen molar-refractivity contribution >= 4 is 33.7 Å². The van der Waals surface area contributed by atoms with Gasteiger partial charge in [0.25, 0.3) is 0 Å². The molecule has 1 fully saturated rings. The normalized spacial score (nSPS) is 15.9. The molecule has 114 valence electrons. The number of Topliss-reactive ketones (excluding diaryl/α,β-unsaturated/α-hetero) is 1. The zero-order chi connectivity index (χ0) is 13.9. The first-order chi connectivity index (χ1) is 9.75. The molecule has 0 bridgehead atoms. The van der Waals surface area contributed by atoms with Gasteiger partial charge >= 0.3 is 0 Å². The molecule has 1 saturated heterocycles. The Balaban J connectivity index is 0.00000161. The van der Waals surface area contributed by atoms with Crippen molar-refractivity contribution in [1.82, 2.24) is 9.47 Å². The minimum atomic E-state index is 0. The molecule has 3 nitrogen and oxygen atoms in total. The van der Waals surface area contributed by atoms with Crippen LogP contribution in [-0.4, -0.2) is 34.9 Å². The Morgan fingerprint density at radius 3 is 2.62 bits per heavy atom. The lowest BCUT2D eigenvalue weighted by molar-refractivity contribution is 0.0960. The number of aromatic nitrogens is 1. The van der Waals surface area contributed by atoms with E-state index in [0.717, 1.165) is 36.1 Å². The lowest BCUT2D eigenvalue weighted by Gasteiger charge is -2.25. The molecular weight excluding hydrogens is 328 g/mol.